The minimum atomic E-state index is 0.918. The molecule has 4 nitrogen and oxygen atoms in total. The zero-order chi connectivity index (χ0) is 9.68. The monoisotopic (exact) mass is 180 g/mol. The third kappa shape index (κ3) is 2.08. The van der Waals surface area contributed by atoms with Crippen molar-refractivity contribution in [2.75, 3.05) is 24.7 Å². The number of hydrogen-bond acceptors (Lipinski definition) is 4. The number of hydrogen-bond donors (Lipinski definition) is 2. The van der Waals surface area contributed by atoms with E-state index in [0.29, 0.717) is 0 Å². The third-order valence-electron chi connectivity index (χ3n) is 1.92. The molecule has 1 aromatic rings. The van der Waals surface area contributed by atoms with E-state index in [1.54, 1.807) is 6.33 Å². The van der Waals surface area contributed by atoms with E-state index in [4.69, 9.17) is 0 Å². The Labute approximate surface area is 78.8 Å². The van der Waals surface area contributed by atoms with Gasteiger partial charge in [-0.15, -0.1) is 0 Å². The summed E-state index contributed by atoms with van der Waals surface area (Å²) in [4.78, 5) is 8.32. The summed E-state index contributed by atoms with van der Waals surface area (Å²) in [5, 5.41) is 6.13. The maximum atomic E-state index is 4.16. The minimum Gasteiger partial charge on any atom is -0.373 e. The lowest BCUT2D eigenvalue weighted by molar-refractivity contribution is 0.904. The van der Waals surface area contributed by atoms with E-state index < -0.39 is 0 Å². The van der Waals surface area contributed by atoms with Gasteiger partial charge < -0.3 is 10.6 Å². The highest BCUT2D eigenvalue weighted by molar-refractivity contribution is 5.56. The Morgan fingerprint density at radius 2 is 1.69 bits per heavy atom. The maximum absolute atomic E-state index is 4.16. The number of rotatable bonds is 4. The average molecular weight is 180 g/mol. The first kappa shape index (κ1) is 9.77. The van der Waals surface area contributed by atoms with Crippen molar-refractivity contribution in [1.82, 2.24) is 9.97 Å². The molecule has 1 aromatic heterocycles. The Bertz CT molecular complexity index is 250. The van der Waals surface area contributed by atoms with Gasteiger partial charge in [-0.25, -0.2) is 9.97 Å². The first-order chi connectivity index (χ1) is 6.33. The summed E-state index contributed by atoms with van der Waals surface area (Å²) in [5.41, 5.74) is 1.16. The van der Waals surface area contributed by atoms with E-state index in [1.165, 1.54) is 0 Å². The van der Waals surface area contributed by atoms with Gasteiger partial charge in [0.15, 0.2) is 0 Å². The van der Waals surface area contributed by atoms with Crippen LogP contribution >= 0.6 is 0 Å². The van der Waals surface area contributed by atoms with Gasteiger partial charge in [-0.1, -0.05) is 13.3 Å². The summed E-state index contributed by atoms with van der Waals surface area (Å²) >= 11 is 0. The summed E-state index contributed by atoms with van der Waals surface area (Å²) in [5.74, 6) is 1.84. The fourth-order valence-electron chi connectivity index (χ4n) is 1.33. The second kappa shape index (κ2) is 4.64. The van der Waals surface area contributed by atoms with Gasteiger partial charge in [-0.05, 0) is 6.42 Å². The molecule has 0 saturated carbocycles. The molecule has 0 aliphatic heterocycles. The Morgan fingerprint density at radius 1 is 1.15 bits per heavy atom. The van der Waals surface area contributed by atoms with Crippen LogP contribution in [0.1, 0.15) is 18.9 Å². The number of aromatic nitrogens is 2. The van der Waals surface area contributed by atoms with Gasteiger partial charge in [0, 0.05) is 19.7 Å². The highest BCUT2D eigenvalue weighted by atomic mass is 15.1. The molecule has 0 radical (unpaired) electrons. The predicted octanol–water partition coefficient (Wildman–Crippen LogP) is 1.51. The van der Waals surface area contributed by atoms with Crippen LogP contribution in [0.15, 0.2) is 6.33 Å². The van der Waals surface area contributed by atoms with Crippen molar-refractivity contribution in [3.05, 3.63) is 11.9 Å². The molecule has 0 aliphatic carbocycles. The molecular weight excluding hydrogens is 164 g/mol. The second-order valence-electron chi connectivity index (χ2n) is 2.80. The molecule has 0 amide bonds. The first-order valence-electron chi connectivity index (χ1n) is 4.52. The van der Waals surface area contributed by atoms with Crippen LogP contribution in [0.3, 0.4) is 0 Å². The topological polar surface area (TPSA) is 49.8 Å². The number of nitrogens with one attached hydrogen (secondary N) is 2. The lowest BCUT2D eigenvalue weighted by Gasteiger charge is -2.10. The number of anilines is 2. The average Bonchev–Trinajstić information content (AvgIpc) is 2.18. The molecule has 0 aromatic carbocycles. The van der Waals surface area contributed by atoms with E-state index in [0.717, 1.165) is 30.0 Å². The maximum Gasteiger partial charge on any atom is 0.134 e. The molecule has 0 aliphatic rings. The van der Waals surface area contributed by atoms with Crippen molar-refractivity contribution in [2.45, 2.75) is 19.8 Å². The normalized spacial score (nSPS) is 9.77. The lowest BCUT2D eigenvalue weighted by Crippen LogP contribution is -2.05. The summed E-state index contributed by atoms with van der Waals surface area (Å²) in [6, 6.07) is 0. The Morgan fingerprint density at radius 3 is 2.08 bits per heavy atom. The Hall–Kier alpha value is -1.32. The van der Waals surface area contributed by atoms with E-state index >= 15 is 0 Å². The van der Waals surface area contributed by atoms with E-state index in [-0.39, 0.29) is 0 Å². The Balaban J connectivity index is 3.05. The van der Waals surface area contributed by atoms with Gasteiger partial charge in [-0.2, -0.15) is 0 Å². The summed E-state index contributed by atoms with van der Waals surface area (Å²) in [6.45, 7) is 2.14. The summed E-state index contributed by atoms with van der Waals surface area (Å²) in [6.07, 6.45) is 3.65. The summed E-state index contributed by atoms with van der Waals surface area (Å²) in [7, 11) is 3.75. The molecular formula is C9H16N4. The lowest BCUT2D eigenvalue weighted by atomic mass is 10.1. The smallest absolute Gasteiger partial charge is 0.134 e. The molecule has 4 heteroatoms. The molecule has 2 N–H and O–H groups in total. The number of nitrogens with zero attached hydrogens (tertiary/aromatic N) is 2. The van der Waals surface area contributed by atoms with Gasteiger partial charge in [0.25, 0.3) is 0 Å². The van der Waals surface area contributed by atoms with Crippen molar-refractivity contribution in [3.8, 4) is 0 Å². The molecule has 13 heavy (non-hydrogen) atoms. The van der Waals surface area contributed by atoms with Crippen LogP contribution in [0.25, 0.3) is 0 Å². The van der Waals surface area contributed by atoms with Crippen LogP contribution in [-0.4, -0.2) is 24.1 Å². The zero-order valence-electron chi connectivity index (χ0n) is 8.39. The van der Waals surface area contributed by atoms with Gasteiger partial charge in [0.05, 0.1) is 0 Å². The van der Waals surface area contributed by atoms with Gasteiger partial charge in [0.2, 0.25) is 0 Å². The van der Waals surface area contributed by atoms with Crippen LogP contribution in [-0.2, 0) is 6.42 Å². The fraction of sp³-hybridized carbons (Fsp3) is 0.556. The van der Waals surface area contributed by atoms with Gasteiger partial charge in [0.1, 0.15) is 18.0 Å². The molecule has 0 fully saturated rings. The van der Waals surface area contributed by atoms with Crippen molar-refractivity contribution in [2.24, 2.45) is 0 Å². The van der Waals surface area contributed by atoms with Crippen molar-refractivity contribution < 1.29 is 0 Å². The van der Waals surface area contributed by atoms with Crippen molar-refractivity contribution >= 4 is 11.6 Å². The first-order valence-corrected chi connectivity index (χ1v) is 4.52. The van der Waals surface area contributed by atoms with Gasteiger partial charge >= 0.3 is 0 Å². The van der Waals surface area contributed by atoms with Crippen LogP contribution in [0.2, 0.25) is 0 Å². The molecule has 0 saturated heterocycles. The largest absolute Gasteiger partial charge is 0.373 e. The van der Waals surface area contributed by atoms with E-state index in [9.17, 15) is 0 Å². The van der Waals surface area contributed by atoms with Crippen molar-refractivity contribution in [3.63, 3.8) is 0 Å². The molecule has 0 bridgehead atoms. The third-order valence-corrected chi connectivity index (χ3v) is 1.92. The van der Waals surface area contributed by atoms with Crippen LogP contribution in [0, 0.1) is 0 Å². The Kier molecular flexibility index (Phi) is 3.49. The minimum absolute atomic E-state index is 0.918. The van der Waals surface area contributed by atoms with E-state index in [2.05, 4.69) is 27.5 Å². The molecule has 0 spiro atoms. The van der Waals surface area contributed by atoms with Crippen molar-refractivity contribution in [1.29, 1.82) is 0 Å². The van der Waals surface area contributed by atoms with Gasteiger partial charge in [-0.3, -0.25) is 0 Å². The molecule has 0 unspecified atom stereocenters. The fourth-order valence-corrected chi connectivity index (χ4v) is 1.33. The molecule has 1 heterocycles. The highest BCUT2D eigenvalue weighted by Crippen LogP contribution is 2.20. The van der Waals surface area contributed by atoms with Crippen LogP contribution < -0.4 is 10.6 Å². The standard InChI is InChI=1S/C9H16N4/c1-4-5-7-8(10-2)12-6-13-9(7)11-3/h6H,4-5H2,1-3H3,(H2,10,11,12,13). The predicted molar refractivity (Wildman–Crippen MR) is 55.1 cm³/mol. The van der Waals surface area contributed by atoms with Crippen LogP contribution in [0.5, 0.6) is 0 Å². The molecule has 1 rings (SSSR count). The SMILES string of the molecule is CCCc1c(NC)ncnc1NC. The quantitative estimate of drug-likeness (QED) is 0.737. The zero-order valence-corrected chi connectivity index (χ0v) is 8.39. The van der Waals surface area contributed by atoms with Crippen LogP contribution in [0.4, 0.5) is 11.6 Å². The second-order valence-corrected chi connectivity index (χ2v) is 2.80. The molecule has 72 valence electrons. The summed E-state index contributed by atoms with van der Waals surface area (Å²) < 4.78 is 0. The van der Waals surface area contributed by atoms with E-state index in [1.807, 2.05) is 14.1 Å². The highest BCUT2D eigenvalue weighted by Gasteiger charge is 2.07. The molecule has 0 atom stereocenters.